The van der Waals surface area contributed by atoms with Crippen LogP contribution in [0.25, 0.3) is 0 Å². The number of carbonyl (C=O) groups excluding carboxylic acids is 1. The number of amides is 1. The Hall–Kier alpha value is -2.54. The third kappa shape index (κ3) is 4.08. The lowest BCUT2D eigenvalue weighted by Gasteiger charge is -2.35. The monoisotopic (exact) mass is 367 g/mol. The number of aliphatic hydroxyl groups excluding tert-OH is 1. The number of nitrogens with zero attached hydrogens (tertiary/aromatic N) is 4. The molecule has 2 fully saturated rings. The molecule has 0 aromatic carbocycles. The number of rotatable bonds is 4. The standard InChI is InChI=1S/C20H25N5O2/c1-13-2-3-22-16(6-13)9-20(27)25-11-14-7-17(18(26)8-15(14)12-25)24-19-10-21-4-5-23-19/h2-6,10,14-15,17-18,26H,7-9,11-12H2,1H3,(H,23,24)/t14-,15+,17-,18-/m1/s1. The van der Waals surface area contributed by atoms with Gasteiger partial charge in [-0.25, -0.2) is 4.98 Å². The molecule has 2 aliphatic rings. The molecule has 2 aromatic rings. The Labute approximate surface area is 158 Å². The van der Waals surface area contributed by atoms with Crippen LogP contribution < -0.4 is 5.32 Å². The van der Waals surface area contributed by atoms with E-state index in [1.54, 1.807) is 24.8 Å². The van der Waals surface area contributed by atoms with Gasteiger partial charge in [0, 0.05) is 37.4 Å². The minimum absolute atomic E-state index is 0.0589. The summed E-state index contributed by atoms with van der Waals surface area (Å²) in [5, 5.41) is 13.8. The maximum absolute atomic E-state index is 12.7. The van der Waals surface area contributed by atoms with Crippen LogP contribution in [0.2, 0.25) is 0 Å². The van der Waals surface area contributed by atoms with E-state index in [2.05, 4.69) is 20.3 Å². The third-order valence-corrected chi connectivity index (χ3v) is 5.70. The summed E-state index contributed by atoms with van der Waals surface area (Å²) in [6.45, 7) is 3.48. The number of likely N-dealkylation sites (tertiary alicyclic amines) is 1. The van der Waals surface area contributed by atoms with Crippen molar-refractivity contribution in [1.29, 1.82) is 0 Å². The van der Waals surface area contributed by atoms with Gasteiger partial charge in [0.05, 0.1) is 24.8 Å². The van der Waals surface area contributed by atoms with Gasteiger partial charge in [0.25, 0.3) is 0 Å². The van der Waals surface area contributed by atoms with Crippen LogP contribution in [0.3, 0.4) is 0 Å². The van der Waals surface area contributed by atoms with E-state index in [1.807, 2.05) is 24.0 Å². The molecule has 7 heteroatoms. The lowest BCUT2D eigenvalue weighted by molar-refractivity contribution is -0.129. The Bertz CT molecular complexity index is 800. The maximum atomic E-state index is 12.7. The minimum atomic E-state index is -0.443. The Morgan fingerprint density at radius 2 is 2.04 bits per heavy atom. The molecule has 0 radical (unpaired) electrons. The molecule has 1 saturated carbocycles. The van der Waals surface area contributed by atoms with Crippen LogP contribution in [0.15, 0.2) is 36.9 Å². The van der Waals surface area contributed by atoms with Crippen LogP contribution in [0.1, 0.15) is 24.1 Å². The second-order valence-electron chi connectivity index (χ2n) is 7.70. The summed E-state index contributed by atoms with van der Waals surface area (Å²) in [6, 6.07) is 3.84. The quantitative estimate of drug-likeness (QED) is 0.850. The fraction of sp³-hybridized carbons (Fsp3) is 0.500. The molecule has 7 nitrogen and oxygen atoms in total. The number of fused-ring (bicyclic) bond motifs is 1. The predicted octanol–water partition coefficient (Wildman–Crippen LogP) is 1.43. The van der Waals surface area contributed by atoms with E-state index >= 15 is 0 Å². The Kier molecular flexibility index (Phi) is 5.03. The molecular weight excluding hydrogens is 342 g/mol. The van der Waals surface area contributed by atoms with Gasteiger partial charge in [-0.05, 0) is 49.3 Å². The van der Waals surface area contributed by atoms with E-state index in [-0.39, 0.29) is 11.9 Å². The number of anilines is 1. The van der Waals surface area contributed by atoms with E-state index in [9.17, 15) is 9.90 Å². The first-order chi connectivity index (χ1) is 13.1. The molecule has 2 N–H and O–H groups in total. The molecule has 1 aliphatic heterocycles. The maximum Gasteiger partial charge on any atom is 0.228 e. The highest BCUT2D eigenvalue weighted by Gasteiger charge is 2.43. The summed E-state index contributed by atoms with van der Waals surface area (Å²) >= 11 is 0. The van der Waals surface area contributed by atoms with E-state index in [0.29, 0.717) is 30.5 Å². The number of aliphatic hydroxyl groups is 1. The van der Waals surface area contributed by atoms with Crippen molar-refractivity contribution in [3.05, 3.63) is 48.2 Å². The zero-order valence-corrected chi connectivity index (χ0v) is 15.5. The van der Waals surface area contributed by atoms with Crippen molar-refractivity contribution >= 4 is 11.7 Å². The number of carbonyl (C=O) groups is 1. The van der Waals surface area contributed by atoms with Crippen molar-refractivity contribution in [2.45, 2.75) is 38.3 Å². The lowest BCUT2D eigenvalue weighted by Crippen LogP contribution is -2.43. The van der Waals surface area contributed by atoms with Gasteiger partial charge in [0.2, 0.25) is 5.91 Å². The number of hydrogen-bond acceptors (Lipinski definition) is 6. The number of aryl methyl sites for hydroxylation is 1. The minimum Gasteiger partial charge on any atom is -0.391 e. The molecule has 0 bridgehead atoms. The molecule has 142 valence electrons. The van der Waals surface area contributed by atoms with E-state index in [4.69, 9.17) is 0 Å². The van der Waals surface area contributed by atoms with Crippen LogP contribution in [0.5, 0.6) is 0 Å². The fourth-order valence-electron chi connectivity index (χ4n) is 4.32. The summed E-state index contributed by atoms with van der Waals surface area (Å²) in [4.78, 5) is 27.2. The zero-order chi connectivity index (χ0) is 18.8. The van der Waals surface area contributed by atoms with Crippen molar-refractivity contribution < 1.29 is 9.90 Å². The molecule has 27 heavy (non-hydrogen) atoms. The normalized spacial score (nSPS) is 27.3. The molecule has 0 unspecified atom stereocenters. The van der Waals surface area contributed by atoms with E-state index < -0.39 is 6.10 Å². The van der Waals surface area contributed by atoms with Crippen molar-refractivity contribution in [1.82, 2.24) is 19.9 Å². The summed E-state index contributed by atoms with van der Waals surface area (Å²) in [6.07, 6.45) is 8.10. The third-order valence-electron chi connectivity index (χ3n) is 5.70. The molecular formula is C20H25N5O2. The first-order valence-electron chi connectivity index (χ1n) is 9.48. The fourth-order valence-corrected chi connectivity index (χ4v) is 4.32. The first kappa shape index (κ1) is 17.9. The number of hydrogen-bond donors (Lipinski definition) is 2. The second-order valence-corrected chi connectivity index (χ2v) is 7.70. The molecule has 0 spiro atoms. The Morgan fingerprint density at radius 3 is 2.78 bits per heavy atom. The topological polar surface area (TPSA) is 91.2 Å². The van der Waals surface area contributed by atoms with Crippen molar-refractivity contribution in [2.24, 2.45) is 11.8 Å². The van der Waals surface area contributed by atoms with Crippen molar-refractivity contribution in [3.8, 4) is 0 Å². The largest absolute Gasteiger partial charge is 0.391 e. The Morgan fingerprint density at radius 1 is 1.22 bits per heavy atom. The van der Waals surface area contributed by atoms with Gasteiger partial charge in [-0.1, -0.05) is 0 Å². The molecule has 4 atom stereocenters. The lowest BCUT2D eigenvalue weighted by atomic mass is 9.77. The van der Waals surface area contributed by atoms with Gasteiger partial charge in [-0.15, -0.1) is 0 Å². The van der Waals surface area contributed by atoms with Crippen LogP contribution in [0.4, 0.5) is 5.82 Å². The highest BCUT2D eigenvalue weighted by atomic mass is 16.3. The van der Waals surface area contributed by atoms with Gasteiger partial charge in [0.15, 0.2) is 0 Å². The summed E-state index contributed by atoms with van der Waals surface area (Å²) in [5.74, 6) is 1.55. The van der Waals surface area contributed by atoms with E-state index in [1.165, 1.54) is 0 Å². The molecule has 4 rings (SSSR count). The van der Waals surface area contributed by atoms with Crippen LogP contribution >= 0.6 is 0 Å². The zero-order valence-electron chi connectivity index (χ0n) is 15.5. The van der Waals surface area contributed by atoms with Crippen LogP contribution in [-0.2, 0) is 11.2 Å². The van der Waals surface area contributed by atoms with Gasteiger partial charge in [0.1, 0.15) is 5.82 Å². The highest BCUT2D eigenvalue weighted by Crippen LogP contribution is 2.37. The predicted molar refractivity (Wildman–Crippen MR) is 101 cm³/mol. The highest BCUT2D eigenvalue weighted by molar-refractivity contribution is 5.78. The number of aromatic nitrogens is 3. The molecule has 1 amide bonds. The summed E-state index contributed by atoms with van der Waals surface area (Å²) in [5.41, 5.74) is 1.93. The number of nitrogens with one attached hydrogen (secondary N) is 1. The molecule has 1 saturated heterocycles. The molecule has 1 aliphatic carbocycles. The first-order valence-corrected chi connectivity index (χ1v) is 9.48. The van der Waals surface area contributed by atoms with E-state index in [0.717, 1.165) is 30.8 Å². The number of pyridine rings is 1. The summed E-state index contributed by atoms with van der Waals surface area (Å²) < 4.78 is 0. The smallest absolute Gasteiger partial charge is 0.228 e. The SMILES string of the molecule is Cc1ccnc(CC(=O)N2C[C@H]3C[C@@H](Nc4cnccn4)[C@H](O)C[C@H]3C2)c1. The second kappa shape index (κ2) is 7.60. The van der Waals surface area contributed by atoms with Gasteiger partial charge in [-0.2, -0.15) is 0 Å². The average molecular weight is 367 g/mol. The van der Waals surface area contributed by atoms with Crippen molar-refractivity contribution in [2.75, 3.05) is 18.4 Å². The molecule has 2 aromatic heterocycles. The average Bonchev–Trinajstić information content (AvgIpc) is 3.06. The van der Waals surface area contributed by atoms with Crippen molar-refractivity contribution in [3.63, 3.8) is 0 Å². The van der Waals surface area contributed by atoms with Crippen LogP contribution in [0, 0.1) is 18.8 Å². The van der Waals surface area contributed by atoms with Gasteiger partial charge in [-0.3, -0.25) is 14.8 Å². The molecule has 3 heterocycles. The van der Waals surface area contributed by atoms with Gasteiger partial charge >= 0.3 is 0 Å². The van der Waals surface area contributed by atoms with Crippen LogP contribution in [-0.4, -0.2) is 56.1 Å². The Balaban J connectivity index is 1.37. The van der Waals surface area contributed by atoms with Gasteiger partial charge < -0.3 is 15.3 Å². The summed E-state index contributed by atoms with van der Waals surface area (Å²) in [7, 11) is 0.